The number of halogens is 2. The number of anilines is 1. The molecule has 2 heterocycles. The molecule has 0 fully saturated rings. The topological polar surface area (TPSA) is 55.1 Å². The fraction of sp³-hybridized carbons (Fsp3) is 0.125. The van der Waals surface area contributed by atoms with Gasteiger partial charge >= 0.3 is 0 Å². The molecular weight excluding hydrogens is 339 g/mol. The van der Waals surface area contributed by atoms with Crippen LogP contribution in [0.15, 0.2) is 34.2 Å². The maximum Gasteiger partial charge on any atom is 0.278 e. The first-order chi connectivity index (χ1) is 11.1. The summed E-state index contributed by atoms with van der Waals surface area (Å²) in [5, 5.41) is 8.71. The van der Waals surface area contributed by atoms with E-state index in [1.165, 1.54) is 17.0 Å². The molecule has 1 aliphatic rings. The molecular formula is C16H10ClFN2O2S. The second kappa shape index (κ2) is 5.47. The second-order valence-corrected chi connectivity index (χ2v) is 6.58. The molecule has 1 aliphatic carbocycles. The van der Waals surface area contributed by atoms with Gasteiger partial charge in [0, 0.05) is 16.0 Å². The number of carbonyl (C=O) groups is 1. The predicted octanol–water partition coefficient (Wildman–Crippen LogP) is 4.55. The van der Waals surface area contributed by atoms with Gasteiger partial charge in [0.05, 0.1) is 10.7 Å². The molecule has 4 nitrogen and oxygen atoms in total. The summed E-state index contributed by atoms with van der Waals surface area (Å²) in [6.45, 7) is 0. The van der Waals surface area contributed by atoms with Gasteiger partial charge in [0.25, 0.3) is 5.91 Å². The molecule has 0 atom stereocenters. The summed E-state index contributed by atoms with van der Waals surface area (Å²) in [4.78, 5) is 13.7. The lowest BCUT2D eigenvalue weighted by atomic mass is 9.95. The summed E-state index contributed by atoms with van der Waals surface area (Å²) in [6, 6.07) is 5.77. The summed E-state index contributed by atoms with van der Waals surface area (Å²) in [7, 11) is 0. The number of hydrogen-bond acceptors (Lipinski definition) is 4. The Morgan fingerprint density at radius 2 is 2.22 bits per heavy atom. The fourth-order valence-corrected chi connectivity index (χ4v) is 3.77. The smallest absolute Gasteiger partial charge is 0.278 e. The van der Waals surface area contributed by atoms with Crippen LogP contribution in [0.1, 0.15) is 20.9 Å². The molecule has 116 valence electrons. The van der Waals surface area contributed by atoms with Crippen LogP contribution >= 0.6 is 22.9 Å². The molecule has 0 bridgehead atoms. The van der Waals surface area contributed by atoms with E-state index >= 15 is 0 Å². The minimum Gasteiger partial charge on any atom is -0.355 e. The van der Waals surface area contributed by atoms with Crippen LogP contribution in [0.5, 0.6) is 0 Å². The highest BCUT2D eigenvalue weighted by Crippen LogP contribution is 2.38. The summed E-state index contributed by atoms with van der Waals surface area (Å²) in [5.74, 6) is -0.221. The van der Waals surface area contributed by atoms with Crippen molar-refractivity contribution < 1.29 is 13.7 Å². The van der Waals surface area contributed by atoms with Crippen LogP contribution in [0, 0.1) is 5.82 Å². The summed E-state index contributed by atoms with van der Waals surface area (Å²) in [6.07, 6.45) is 1.56. The largest absolute Gasteiger partial charge is 0.355 e. The molecule has 2 aromatic heterocycles. The minimum atomic E-state index is -0.461. The lowest BCUT2D eigenvalue weighted by Crippen LogP contribution is -2.15. The quantitative estimate of drug-likeness (QED) is 0.739. The average Bonchev–Trinajstić information content (AvgIpc) is 3.14. The van der Waals surface area contributed by atoms with Crippen molar-refractivity contribution in [1.29, 1.82) is 0 Å². The average molecular weight is 349 g/mol. The molecule has 3 aromatic rings. The lowest BCUT2D eigenvalue weighted by Gasteiger charge is -2.11. The maximum atomic E-state index is 13.1. The Hall–Kier alpha value is -2.18. The van der Waals surface area contributed by atoms with E-state index in [2.05, 4.69) is 10.5 Å². The number of rotatable bonds is 2. The van der Waals surface area contributed by atoms with Crippen molar-refractivity contribution in [3.8, 4) is 11.3 Å². The van der Waals surface area contributed by atoms with E-state index in [1.54, 1.807) is 11.3 Å². The standard InChI is InChI=1S/C16H10ClFN2O2S/c17-11-7-8(18)1-3-12(11)19-16(21)14-10-2-4-13-9(5-6-23-13)15(10)22-20-14/h1,3,5-7H,2,4H2,(H,19,21). The van der Waals surface area contributed by atoms with Crippen LogP contribution in [0.3, 0.4) is 0 Å². The van der Waals surface area contributed by atoms with Crippen LogP contribution in [0.25, 0.3) is 11.3 Å². The van der Waals surface area contributed by atoms with Gasteiger partial charge in [-0.2, -0.15) is 0 Å². The number of aromatic nitrogens is 1. The van der Waals surface area contributed by atoms with Crippen LogP contribution in [-0.2, 0) is 12.8 Å². The number of fused-ring (bicyclic) bond motifs is 3. The third-order valence-corrected chi connectivity index (χ3v) is 5.07. The van der Waals surface area contributed by atoms with Crippen LogP contribution < -0.4 is 5.32 Å². The zero-order valence-corrected chi connectivity index (χ0v) is 13.3. The number of thiophene rings is 1. The Bertz CT molecular complexity index is 919. The van der Waals surface area contributed by atoms with E-state index in [0.717, 1.165) is 23.6 Å². The molecule has 0 spiro atoms. The fourth-order valence-electron chi connectivity index (χ4n) is 2.68. The van der Waals surface area contributed by atoms with Gasteiger partial charge in [0.1, 0.15) is 5.82 Å². The van der Waals surface area contributed by atoms with Crippen molar-refractivity contribution >= 4 is 34.5 Å². The molecule has 7 heteroatoms. The van der Waals surface area contributed by atoms with Crippen molar-refractivity contribution in [1.82, 2.24) is 5.16 Å². The zero-order valence-electron chi connectivity index (χ0n) is 11.7. The van der Waals surface area contributed by atoms with Gasteiger partial charge < -0.3 is 9.84 Å². The van der Waals surface area contributed by atoms with E-state index in [1.807, 2.05) is 11.4 Å². The number of hydrogen-bond donors (Lipinski definition) is 1. The molecule has 0 unspecified atom stereocenters. The van der Waals surface area contributed by atoms with Gasteiger partial charge in [0.2, 0.25) is 0 Å². The van der Waals surface area contributed by atoms with E-state index in [9.17, 15) is 9.18 Å². The highest BCUT2D eigenvalue weighted by molar-refractivity contribution is 7.10. The van der Waals surface area contributed by atoms with Gasteiger partial charge in [-0.05, 0) is 42.5 Å². The van der Waals surface area contributed by atoms with Crippen molar-refractivity contribution in [2.45, 2.75) is 12.8 Å². The molecule has 0 aliphatic heterocycles. The molecule has 1 N–H and O–H groups in total. The van der Waals surface area contributed by atoms with E-state index < -0.39 is 11.7 Å². The molecule has 1 amide bonds. The number of amides is 1. The monoisotopic (exact) mass is 348 g/mol. The normalized spacial score (nSPS) is 12.6. The highest BCUT2D eigenvalue weighted by atomic mass is 35.5. The Kier molecular flexibility index (Phi) is 3.43. The Morgan fingerprint density at radius 1 is 1.35 bits per heavy atom. The molecule has 1 aromatic carbocycles. The van der Waals surface area contributed by atoms with Crippen LogP contribution in [-0.4, -0.2) is 11.1 Å². The van der Waals surface area contributed by atoms with Crippen LogP contribution in [0.2, 0.25) is 5.02 Å². The lowest BCUT2D eigenvalue weighted by molar-refractivity contribution is 0.101. The first kappa shape index (κ1) is 14.4. The van der Waals surface area contributed by atoms with Gasteiger partial charge in [-0.15, -0.1) is 11.3 Å². The third kappa shape index (κ3) is 2.44. The third-order valence-electron chi connectivity index (χ3n) is 3.77. The van der Waals surface area contributed by atoms with Gasteiger partial charge in [-0.3, -0.25) is 4.79 Å². The zero-order chi connectivity index (χ0) is 16.0. The summed E-state index contributed by atoms with van der Waals surface area (Å²) < 4.78 is 18.5. The Morgan fingerprint density at radius 3 is 3.04 bits per heavy atom. The number of carbonyl (C=O) groups excluding carboxylic acids is 1. The van der Waals surface area contributed by atoms with Crippen molar-refractivity contribution in [2.75, 3.05) is 5.32 Å². The Labute approximate surface area is 139 Å². The Balaban J connectivity index is 1.66. The maximum absolute atomic E-state index is 13.1. The van der Waals surface area contributed by atoms with Crippen molar-refractivity contribution in [3.05, 3.63) is 56.6 Å². The molecule has 0 radical (unpaired) electrons. The predicted molar refractivity (Wildman–Crippen MR) is 86.6 cm³/mol. The van der Waals surface area contributed by atoms with Gasteiger partial charge in [0.15, 0.2) is 11.5 Å². The van der Waals surface area contributed by atoms with Crippen LogP contribution in [0.4, 0.5) is 10.1 Å². The van der Waals surface area contributed by atoms with Gasteiger partial charge in [-0.1, -0.05) is 16.8 Å². The van der Waals surface area contributed by atoms with E-state index in [-0.39, 0.29) is 10.7 Å². The molecule has 4 rings (SSSR count). The molecule has 0 saturated carbocycles. The first-order valence-electron chi connectivity index (χ1n) is 6.95. The minimum absolute atomic E-state index is 0.135. The van der Waals surface area contributed by atoms with Crippen molar-refractivity contribution in [3.63, 3.8) is 0 Å². The molecule has 23 heavy (non-hydrogen) atoms. The SMILES string of the molecule is O=C(Nc1ccc(F)cc1Cl)c1noc2c1CCc1sccc1-2. The summed E-state index contributed by atoms with van der Waals surface area (Å²) >= 11 is 7.60. The number of nitrogens with zero attached hydrogens (tertiary/aromatic N) is 1. The molecule has 0 saturated heterocycles. The van der Waals surface area contributed by atoms with Crippen molar-refractivity contribution in [2.24, 2.45) is 0 Å². The summed E-state index contributed by atoms with van der Waals surface area (Å²) in [5.41, 5.74) is 2.38. The number of benzene rings is 1. The number of aryl methyl sites for hydroxylation is 1. The first-order valence-corrected chi connectivity index (χ1v) is 8.21. The van der Waals surface area contributed by atoms with Gasteiger partial charge in [-0.25, -0.2) is 4.39 Å². The second-order valence-electron chi connectivity index (χ2n) is 5.17. The number of nitrogens with one attached hydrogen (secondary N) is 1. The van der Waals surface area contributed by atoms with E-state index in [0.29, 0.717) is 17.9 Å². The van der Waals surface area contributed by atoms with E-state index in [4.69, 9.17) is 16.1 Å². The highest BCUT2D eigenvalue weighted by Gasteiger charge is 2.28.